The van der Waals surface area contributed by atoms with E-state index in [1.807, 2.05) is 7.05 Å². The van der Waals surface area contributed by atoms with Gasteiger partial charge in [-0.2, -0.15) is 0 Å². The minimum atomic E-state index is 0.692. The number of nitrogens with zero attached hydrogens (tertiary/aromatic N) is 2. The summed E-state index contributed by atoms with van der Waals surface area (Å²) in [5.74, 6) is 1.15. The molecule has 1 aromatic heterocycles. The zero-order chi connectivity index (χ0) is 11.4. The van der Waals surface area contributed by atoms with Crippen molar-refractivity contribution in [2.75, 3.05) is 18.5 Å². The van der Waals surface area contributed by atoms with Crippen LogP contribution >= 0.6 is 0 Å². The second-order valence-electron chi connectivity index (χ2n) is 4.42. The van der Waals surface area contributed by atoms with Gasteiger partial charge in [0, 0.05) is 19.1 Å². The lowest BCUT2D eigenvalue weighted by atomic mass is 10.2. The van der Waals surface area contributed by atoms with Crippen LogP contribution in [0.4, 0.5) is 5.82 Å². The molecule has 0 saturated carbocycles. The third kappa shape index (κ3) is 2.35. The van der Waals surface area contributed by atoms with Crippen molar-refractivity contribution in [2.24, 2.45) is 0 Å². The molecule has 3 nitrogen and oxygen atoms in total. The van der Waals surface area contributed by atoms with Crippen LogP contribution in [0, 0.1) is 0 Å². The molecule has 1 fully saturated rings. The maximum absolute atomic E-state index is 4.71. The lowest BCUT2D eigenvalue weighted by Crippen LogP contribution is -2.29. The highest BCUT2D eigenvalue weighted by atomic mass is 15.2. The van der Waals surface area contributed by atoms with Crippen LogP contribution < -0.4 is 10.2 Å². The van der Waals surface area contributed by atoms with Crippen LogP contribution in [-0.2, 0) is 6.54 Å². The van der Waals surface area contributed by atoms with Crippen LogP contribution in [0.2, 0.25) is 0 Å². The summed E-state index contributed by atoms with van der Waals surface area (Å²) in [6, 6.07) is 7.02. The standard InChI is InChI=1S/C13H21N3/c1-3-12-7-5-9-16(12)13-8-4-6-11(15-13)10-14-2/h4,6,8,12,14H,3,5,7,9-10H2,1-2H3. The van der Waals surface area contributed by atoms with E-state index < -0.39 is 0 Å². The Morgan fingerprint density at radius 2 is 2.38 bits per heavy atom. The van der Waals surface area contributed by atoms with Crippen LogP contribution in [0.1, 0.15) is 31.9 Å². The van der Waals surface area contributed by atoms with Crippen molar-refractivity contribution in [1.29, 1.82) is 0 Å². The van der Waals surface area contributed by atoms with E-state index in [1.54, 1.807) is 0 Å². The molecule has 0 radical (unpaired) electrons. The molecule has 1 atom stereocenters. The number of aromatic nitrogens is 1. The molecule has 1 aliphatic heterocycles. The molecule has 3 heteroatoms. The molecular weight excluding hydrogens is 198 g/mol. The van der Waals surface area contributed by atoms with E-state index in [1.165, 1.54) is 19.3 Å². The largest absolute Gasteiger partial charge is 0.354 e. The van der Waals surface area contributed by atoms with Crippen LogP contribution in [0.3, 0.4) is 0 Å². The van der Waals surface area contributed by atoms with E-state index in [-0.39, 0.29) is 0 Å². The highest BCUT2D eigenvalue weighted by Gasteiger charge is 2.23. The Hall–Kier alpha value is -1.09. The monoisotopic (exact) mass is 219 g/mol. The number of pyridine rings is 1. The quantitative estimate of drug-likeness (QED) is 0.841. The lowest BCUT2D eigenvalue weighted by molar-refractivity contribution is 0.638. The highest BCUT2D eigenvalue weighted by molar-refractivity contribution is 5.41. The fourth-order valence-electron chi connectivity index (χ4n) is 2.47. The molecule has 1 N–H and O–H groups in total. The Morgan fingerprint density at radius 1 is 1.50 bits per heavy atom. The predicted octanol–water partition coefficient (Wildman–Crippen LogP) is 2.18. The van der Waals surface area contributed by atoms with Crippen LogP contribution in [-0.4, -0.2) is 24.6 Å². The molecule has 0 aliphatic carbocycles. The normalized spacial score (nSPS) is 20.4. The van der Waals surface area contributed by atoms with Gasteiger partial charge in [0.1, 0.15) is 5.82 Å². The van der Waals surface area contributed by atoms with Crippen molar-refractivity contribution in [3.8, 4) is 0 Å². The van der Waals surface area contributed by atoms with E-state index in [0.29, 0.717) is 6.04 Å². The van der Waals surface area contributed by atoms with Gasteiger partial charge in [-0.15, -0.1) is 0 Å². The number of hydrogen-bond donors (Lipinski definition) is 1. The van der Waals surface area contributed by atoms with Crippen molar-refractivity contribution in [3.63, 3.8) is 0 Å². The van der Waals surface area contributed by atoms with Gasteiger partial charge in [-0.1, -0.05) is 13.0 Å². The second kappa shape index (κ2) is 5.30. The van der Waals surface area contributed by atoms with Crippen molar-refractivity contribution in [3.05, 3.63) is 23.9 Å². The smallest absolute Gasteiger partial charge is 0.129 e. The Bertz CT molecular complexity index is 338. The molecule has 16 heavy (non-hydrogen) atoms. The van der Waals surface area contributed by atoms with Gasteiger partial charge >= 0.3 is 0 Å². The van der Waals surface area contributed by atoms with Gasteiger partial charge in [-0.05, 0) is 38.4 Å². The van der Waals surface area contributed by atoms with Crippen molar-refractivity contribution >= 4 is 5.82 Å². The molecule has 2 rings (SSSR count). The molecule has 0 amide bonds. The van der Waals surface area contributed by atoms with Crippen molar-refractivity contribution in [1.82, 2.24) is 10.3 Å². The number of anilines is 1. The van der Waals surface area contributed by atoms with Crippen molar-refractivity contribution in [2.45, 2.75) is 38.8 Å². The molecule has 0 aromatic carbocycles. The van der Waals surface area contributed by atoms with Crippen LogP contribution in [0.5, 0.6) is 0 Å². The van der Waals surface area contributed by atoms with Gasteiger partial charge in [0.15, 0.2) is 0 Å². The fourth-order valence-corrected chi connectivity index (χ4v) is 2.47. The Balaban J connectivity index is 2.16. The van der Waals surface area contributed by atoms with E-state index in [9.17, 15) is 0 Å². The van der Waals surface area contributed by atoms with Crippen LogP contribution in [0.15, 0.2) is 18.2 Å². The first-order valence-electron chi connectivity index (χ1n) is 6.22. The maximum Gasteiger partial charge on any atom is 0.129 e. The third-order valence-corrected chi connectivity index (χ3v) is 3.29. The van der Waals surface area contributed by atoms with Crippen molar-refractivity contribution < 1.29 is 0 Å². The first-order valence-corrected chi connectivity index (χ1v) is 6.22. The van der Waals surface area contributed by atoms with Gasteiger partial charge in [-0.3, -0.25) is 0 Å². The number of nitrogens with one attached hydrogen (secondary N) is 1. The SMILES string of the molecule is CCC1CCCN1c1cccc(CNC)n1. The summed E-state index contributed by atoms with van der Waals surface area (Å²) < 4.78 is 0. The van der Waals surface area contributed by atoms with E-state index in [0.717, 1.165) is 24.6 Å². The Morgan fingerprint density at radius 3 is 3.12 bits per heavy atom. The zero-order valence-corrected chi connectivity index (χ0v) is 10.2. The minimum Gasteiger partial charge on any atom is -0.354 e. The Kier molecular flexibility index (Phi) is 3.78. The molecule has 2 heterocycles. The summed E-state index contributed by atoms with van der Waals surface area (Å²) in [5.41, 5.74) is 1.13. The summed E-state index contributed by atoms with van der Waals surface area (Å²) in [7, 11) is 1.96. The van der Waals surface area contributed by atoms with Gasteiger partial charge in [0.2, 0.25) is 0 Å². The summed E-state index contributed by atoms with van der Waals surface area (Å²) >= 11 is 0. The third-order valence-electron chi connectivity index (χ3n) is 3.29. The molecule has 1 unspecified atom stereocenters. The van der Waals surface area contributed by atoms with Gasteiger partial charge in [0.25, 0.3) is 0 Å². The first kappa shape index (κ1) is 11.4. The molecular formula is C13H21N3. The van der Waals surface area contributed by atoms with Gasteiger partial charge in [0.05, 0.1) is 5.69 Å². The summed E-state index contributed by atoms with van der Waals surface area (Å²) in [6.07, 6.45) is 3.84. The molecule has 0 bridgehead atoms. The zero-order valence-electron chi connectivity index (χ0n) is 10.2. The average Bonchev–Trinajstić information content (AvgIpc) is 2.78. The first-order chi connectivity index (χ1) is 7.85. The predicted molar refractivity (Wildman–Crippen MR) is 67.7 cm³/mol. The molecule has 0 spiro atoms. The number of rotatable bonds is 4. The molecule has 88 valence electrons. The summed E-state index contributed by atoms with van der Waals surface area (Å²) in [5, 5.41) is 3.15. The van der Waals surface area contributed by atoms with E-state index >= 15 is 0 Å². The highest BCUT2D eigenvalue weighted by Crippen LogP contribution is 2.25. The van der Waals surface area contributed by atoms with E-state index in [4.69, 9.17) is 4.98 Å². The second-order valence-corrected chi connectivity index (χ2v) is 4.42. The molecule has 1 aromatic rings. The average molecular weight is 219 g/mol. The summed E-state index contributed by atoms with van der Waals surface area (Å²) in [6.45, 7) is 4.27. The summed E-state index contributed by atoms with van der Waals surface area (Å²) in [4.78, 5) is 7.16. The topological polar surface area (TPSA) is 28.2 Å². The van der Waals surface area contributed by atoms with Gasteiger partial charge in [-0.25, -0.2) is 4.98 Å². The molecule has 1 saturated heterocycles. The van der Waals surface area contributed by atoms with E-state index in [2.05, 4.69) is 35.3 Å². The molecule has 1 aliphatic rings. The number of hydrogen-bond acceptors (Lipinski definition) is 3. The lowest BCUT2D eigenvalue weighted by Gasteiger charge is -2.25. The van der Waals surface area contributed by atoms with Crippen LogP contribution in [0.25, 0.3) is 0 Å². The maximum atomic E-state index is 4.71. The minimum absolute atomic E-state index is 0.692. The Labute approximate surface area is 97.9 Å². The fraction of sp³-hybridized carbons (Fsp3) is 0.615. The van der Waals surface area contributed by atoms with Gasteiger partial charge < -0.3 is 10.2 Å².